The Morgan fingerprint density at radius 1 is 1.23 bits per heavy atom. The summed E-state index contributed by atoms with van der Waals surface area (Å²) in [4.78, 5) is 19.2. The number of anilines is 1. The molecule has 1 fully saturated rings. The summed E-state index contributed by atoms with van der Waals surface area (Å²) in [6.45, 7) is 13.0. The van der Waals surface area contributed by atoms with Gasteiger partial charge in [-0.1, -0.05) is 26.0 Å². The van der Waals surface area contributed by atoms with E-state index in [0.717, 1.165) is 75.5 Å². The van der Waals surface area contributed by atoms with Gasteiger partial charge in [0.15, 0.2) is 5.96 Å². The molecule has 3 N–H and O–H groups in total. The lowest BCUT2D eigenvalue weighted by molar-refractivity contribution is -0.116. The first-order chi connectivity index (χ1) is 14.6. The number of morpholine rings is 1. The summed E-state index contributed by atoms with van der Waals surface area (Å²) in [5.74, 6) is 1.60. The lowest BCUT2D eigenvalue weighted by atomic mass is 10.1. The van der Waals surface area contributed by atoms with Crippen molar-refractivity contribution in [1.82, 2.24) is 15.5 Å². The van der Waals surface area contributed by atoms with Gasteiger partial charge in [-0.15, -0.1) is 0 Å². The predicted octanol–water partition coefficient (Wildman–Crippen LogP) is 2.84. The molecule has 0 saturated carbocycles. The first kappa shape index (κ1) is 24.2. The molecule has 30 heavy (non-hydrogen) atoms. The zero-order valence-corrected chi connectivity index (χ0v) is 18.9. The van der Waals surface area contributed by atoms with E-state index < -0.39 is 0 Å². The normalized spacial score (nSPS) is 15.3. The van der Waals surface area contributed by atoms with Crippen molar-refractivity contribution in [3.63, 3.8) is 0 Å². The second-order valence-electron chi connectivity index (χ2n) is 8.11. The second kappa shape index (κ2) is 14.0. The van der Waals surface area contributed by atoms with Crippen molar-refractivity contribution in [2.45, 2.75) is 46.6 Å². The van der Waals surface area contributed by atoms with Crippen LogP contribution < -0.4 is 16.0 Å². The fourth-order valence-corrected chi connectivity index (χ4v) is 3.28. The molecule has 0 aliphatic carbocycles. The third-order valence-corrected chi connectivity index (χ3v) is 4.98. The molecule has 7 heteroatoms. The summed E-state index contributed by atoms with van der Waals surface area (Å²) in [6.07, 6.45) is 2.83. The van der Waals surface area contributed by atoms with E-state index >= 15 is 0 Å². The first-order valence-corrected chi connectivity index (χ1v) is 11.3. The maximum atomic E-state index is 12.3. The van der Waals surface area contributed by atoms with Crippen LogP contribution >= 0.6 is 0 Å². The minimum Gasteiger partial charge on any atom is -0.379 e. The molecular weight excluding hydrogens is 378 g/mol. The number of nitrogens with zero attached hydrogens (tertiary/aromatic N) is 2. The number of carbonyl (C=O) groups excluding carboxylic acids is 1. The lowest BCUT2D eigenvalue weighted by Gasteiger charge is -2.26. The molecule has 1 amide bonds. The Labute approximate surface area is 181 Å². The van der Waals surface area contributed by atoms with Crippen molar-refractivity contribution in [1.29, 1.82) is 0 Å². The topological polar surface area (TPSA) is 78.0 Å². The van der Waals surface area contributed by atoms with Crippen LogP contribution in [0.4, 0.5) is 5.69 Å². The van der Waals surface area contributed by atoms with Gasteiger partial charge in [-0.05, 0) is 43.4 Å². The number of hydrogen-bond acceptors (Lipinski definition) is 4. The van der Waals surface area contributed by atoms with Gasteiger partial charge in [0.05, 0.1) is 19.8 Å². The highest BCUT2D eigenvalue weighted by molar-refractivity contribution is 5.90. The molecule has 168 valence electrons. The van der Waals surface area contributed by atoms with E-state index in [-0.39, 0.29) is 5.91 Å². The highest BCUT2D eigenvalue weighted by Crippen LogP contribution is 2.12. The highest BCUT2D eigenvalue weighted by Gasteiger charge is 2.12. The Hall–Kier alpha value is -2.12. The largest absolute Gasteiger partial charge is 0.379 e. The fourth-order valence-electron chi connectivity index (χ4n) is 3.28. The first-order valence-electron chi connectivity index (χ1n) is 11.3. The van der Waals surface area contributed by atoms with Crippen molar-refractivity contribution >= 4 is 17.6 Å². The van der Waals surface area contributed by atoms with Gasteiger partial charge in [0, 0.05) is 44.8 Å². The molecule has 1 aromatic carbocycles. The number of aliphatic imine (C=N–C) groups is 1. The molecule has 0 radical (unpaired) electrons. The molecule has 0 bridgehead atoms. The Morgan fingerprint density at radius 3 is 2.77 bits per heavy atom. The molecule has 1 aliphatic rings. The number of ether oxygens (including phenoxy) is 1. The average Bonchev–Trinajstić information content (AvgIpc) is 2.74. The Kier molecular flexibility index (Phi) is 11.3. The Balaban J connectivity index is 1.80. The highest BCUT2D eigenvalue weighted by atomic mass is 16.5. The van der Waals surface area contributed by atoms with Crippen molar-refractivity contribution in [2.75, 3.05) is 51.3 Å². The standard InChI is InChI=1S/C23H39N5O2/c1-4-24-23(25-11-6-7-19(2)3)26-18-20-8-5-9-21(17-20)27-22(29)10-12-28-13-15-30-16-14-28/h5,8-9,17,19H,4,6-7,10-16,18H2,1-3H3,(H,27,29)(H2,24,25,26). The number of amides is 1. The molecule has 0 spiro atoms. The Morgan fingerprint density at radius 2 is 2.03 bits per heavy atom. The van der Waals surface area contributed by atoms with E-state index in [0.29, 0.717) is 13.0 Å². The van der Waals surface area contributed by atoms with Gasteiger partial charge in [0.25, 0.3) is 0 Å². The summed E-state index contributed by atoms with van der Waals surface area (Å²) >= 11 is 0. The van der Waals surface area contributed by atoms with Gasteiger partial charge < -0.3 is 20.7 Å². The minimum absolute atomic E-state index is 0.0438. The molecule has 0 aromatic heterocycles. The summed E-state index contributed by atoms with van der Waals surface area (Å²) in [6, 6.07) is 7.92. The third-order valence-electron chi connectivity index (χ3n) is 4.98. The zero-order valence-electron chi connectivity index (χ0n) is 18.9. The Bertz CT molecular complexity index is 657. The van der Waals surface area contributed by atoms with Gasteiger partial charge >= 0.3 is 0 Å². The fraction of sp³-hybridized carbons (Fsp3) is 0.652. The van der Waals surface area contributed by atoms with Crippen LogP contribution in [0.3, 0.4) is 0 Å². The van der Waals surface area contributed by atoms with Crippen molar-refractivity contribution < 1.29 is 9.53 Å². The van der Waals surface area contributed by atoms with Gasteiger partial charge in [-0.3, -0.25) is 9.69 Å². The van der Waals surface area contributed by atoms with Crippen molar-refractivity contribution in [2.24, 2.45) is 10.9 Å². The smallest absolute Gasteiger partial charge is 0.225 e. The number of guanidine groups is 1. The summed E-state index contributed by atoms with van der Waals surface area (Å²) in [7, 11) is 0. The van der Waals surface area contributed by atoms with Crippen LogP contribution in [-0.4, -0.2) is 62.7 Å². The van der Waals surface area contributed by atoms with Gasteiger partial charge in [-0.2, -0.15) is 0 Å². The zero-order chi connectivity index (χ0) is 21.6. The van der Waals surface area contributed by atoms with Crippen LogP contribution in [0, 0.1) is 5.92 Å². The van der Waals surface area contributed by atoms with Crippen molar-refractivity contribution in [3.05, 3.63) is 29.8 Å². The summed E-state index contributed by atoms with van der Waals surface area (Å²) < 4.78 is 5.35. The quantitative estimate of drug-likeness (QED) is 0.293. The van der Waals surface area contributed by atoms with Crippen LogP contribution in [-0.2, 0) is 16.1 Å². The maximum absolute atomic E-state index is 12.3. The van der Waals surface area contributed by atoms with Crippen molar-refractivity contribution in [3.8, 4) is 0 Å². The van der Waals surface area contributed by atoms with E-state index in [1.807, 2.05) is 24.3 Å². The molecule has 7 nitrogen and oxygen atoms in total. The van der Waals surface area contributed by atoms with E-state index in [4.69, 9.17) is 4.74 Å². The molecule has 2 rings (SSSR count). The predicted molar refractivity (Wildman–Crippen MR) is 124 cm³/mol. The number of benzene rings is 1. The third kappa shape index (κ3) is 10.1. The molecular formula is C23H39N5O2. The van der Waals surface area contributed by atoms with Gasteiger partial charge in [0.1, 0.15) is 0 Å². The van der Waals surface area contributed by atoms with E-state index in [9.17, 15) is 4.79 Å². The lowest BCUT2D eigenvalue weighted by Crippen LogP contribution is -2.38. The molecule has 1 aliphatic heterocycles. The maximum Gasteiger partial charge on any atom is 0.225 e. The molecule has 0 unspecified atom stereocenters. The SMILES string of the molecule is CCNC(=NCc1cccc(NC(=O)CCN2CCOCC2)c1)NCCCC(C)C. The number of nitrogens with one attached hydrogen (secondary N) is 3. The number of hydrogen-bond donors (Lipinski definition) is 3. The van der Waals surface area contributed by atoms with Gasteiger partial charge in [-0.25, -0.2) is 4.99 Å². The number of carbonyl (C=O) groups is 1. The second-order valence-corrected chi connectivity index (χ2v) is 8.11. The van der Waals surface area contributed by atoms with Crippen LogP contribution in [0.5, 0.6) is 0 Å². The van der Waals surface area contributed by atoms with Crippen LogP contribution in [0.25, 0.3) is 0 Å². The molecule has 1 saturated heterocycles. The van der Waals surface area contributed by atoms with Crippen LogP contribution in [0.15, 0.2) is 29.3 Å². The van der Waals surface area contributed by atoms with E-state index in [2.05, 4.69) is 46.6 Å². The summed E-state index contributed by atoms with van der Waals surface area (Å²) in [5.41, 5.74) is 1.89. The number of rotatable bonds is 11. The monoisotopic (exact) mass is 417 g/mol. The average molecular weight is 418 g/mol. The molecule has 1 heterocycles. The molecule has 1 aromatic rings. The van der Waals surface area contributed by atoms with Gasteiger partial charge in [0.2, 0.25) is 5.91 Å². The van der Waals surface area contributed by atoms with E-state index in [1.165, 1.54) is 6.42 Å². The van der Waals surface area contributed by atoms with E-state index in [1.54, 1.807) is 0 Å². The minimum atomic E-state index is 0.0438. The summed E-state index contributed by atoms with van der Waals surface area (Å²) in [5, 5.41) is 9.70. The van der Waals surface area contributed by atoms with Crippen LogP contribution in [0.1, 0.15) is 45.6 Å². The molecule has 0 atom stereocenters. The van der Waals surface area contributed by atoms with Crippen LogP contribution in [0.2, 0.25) is 0 Å².